The Balaban J connectivity index is 1.44. The Morgan fingerprint density at radius 2 is 1.90 bits per heavy atom. The van der Waals surface area contributed by atoms with Crippen molar-refractivity contribution in [3.8, 4) is 0 Å². The summed E-state index contributed by atoms with van der Waals surface area (Å²) >= 11 is 3.15. The number of thiophene rings is 1. The van der Waals surface area contributed by atoms with Gasteiger partial charge in [-0.15, -0.1) is 23.1 Å². The van der Waals surface area contributed by atoms with E-state index in [0.717, 1.165) is 28.2 Å². The molecule has 2 heterocycles. The third kappa shape index (κ3) is 3.89. The van der Waals surface area contributed by atoms with Gasteiger partial charge in [-0.25, -0.2) is 0 Å². The summed E-state index contributed by atoms with van der Waals surface area (Å²) in [5.41, 5.74) is 5.22. The van der Waals surface area contributed by atoms with E-state index in [1.54, 1.807) is 17.4 Å². The molecule has 0 fully saturated rings. The van der Waals surface area contributed by atoms with E-state index >= 15 is 0 Å². The maximum atomic E-state index is 13.2. The number of thioether (sulfide) groups is 1. The number of anilines is 1. The van der Waals surface area contributed by atoms with Crippen LogP contribution in [0.3, 0.4) is 0 Å². The summed E-state index contributed by atoms with van der Waals surface area (Å²) in [5.74, 6) is 0.242. The number of nitrogens with one attached hydrogen (secondary N) is 2. The minimum absolute atomic E-state index is 0.0319. The lowest BCUT2D eigenvalue weighted by molar-refractivity contribution is -0.113. The lowest BCUT2D eigenvalue weighted by atomic mass is 9.89. The highest BCUT2D eigenvalue weighted by molar-refractivity contribution is 8.00. The fourth-order valence-electron chi connectivity index (χ4n) is 4.15. The van der Waals surface area contributed by atoms with Crippen molar-refractivity contribution in [2.75, 3.05) is 11.1 Å². The number of benzene rings is 2. The third-order valence-electron chi connectivity index (χ3n) is 5.68. The zero-order valence-electron chi connectivity index (χ0n) is 16.4. The highest BCUT2D eigenvalue weighted by Crippen LogP contribution is 2.33. The largest absolute Gasteiger partial charge is 0.340 e. The molecule has 4 nitrogen and oxygen atoms in total. The molecule has 0 radical (unpaired) electrons. The molecule has 2 N–H and O–H groups in total. The molecule has 1 aliphatic carbocycles. The van der Waals surface area contributed by atoms with E-state index in [0.29, 0.717) is 17.0 Å². The predicted octanol–water partition coefficient (Wildman–Crippen LogP) is 5.19. The van der Waals surface area contributed by atoms with Crippen LogP contribution >= 0.6 is 23.1 Å². The van der Waals surface area contributed by atoms with Gasteiger partial charge in [0.1, 0.15) is 0 Å². The van der Waals surface area contributed by atoms with Crippen LogP contribution in [-0.4, -0.2) is 17.6 Å². The van der Waals surface area contributed by atoms with Crippen LogP contribution in [0, 0.1) is 0 Å². The Bertz CT molecular complexity index is 1110. The lowest BCUT2D eigenvalue weighted by Gasteiger charge is -2.22. The van der Waals surface area contributed by atoms with E-state index in [2.05, 4.69) is 34.9 Å². The van der Waals surface area contributed by atoms with Crippen molar-refractivity contribution in [3.05, 3.63) is 81.0 Å². The van der Waals surface area contributed by atoms with Crippen molar-refractivity contribution in [1.29, 1.82) is 0 Å². The third-order valence-corrected chi connectivity index (χ3v) is 7.69. The predicted molar refractivity (Wildman–Crippen MR) is 123 cm³/mol. The molecule has 0 spiro atoms. The Labute approximate surface area is 184 Å². The number of rotatable bonds is 4. The van der Waals surface area contributed by atoms with Gasteiger partial charge >= 0.3 is 0 Å². The van der Waals surface area contributed by atoms with Gasteiger partial charge in [-0.1, -0.05) is 24.3 Å². The zero-order chi connectivity index (χ0) is 20.5. The Morgan fingerprint density at radius 1 is 1.03 bits per heavy atom. The molecule has 1 unspecified atom stereocenters. The lowest BCUT2D eigenvalue weighted by Crippen LogP contribution is -2.29. The summed E-state index contributed by atoms with van der Waals surface area (Å²) in [7, 11) is 0. The molecule has 1 aromatic heterocycles. The number of aryl methyl sites for hydroxylation is 2. The quantitative estimate of drug-likeness (QED) is 0.594. The molecule has 0 saturated carbocycles. The Morgan fingerprint density at radius 3 is 2.73 bits per heavy atom. The van der Waals surface area contributed by atoms with Crippen LogP contribution in [0.15, 0.2) is 58.8 Å². The van der Waals surface area contributed by atoms with E-state index in [9.17, 15) is 9.59 Å². The highest BCUT2D eigenvalue weighted by atomic mass is 32.2. The molecule has 1 atom stereocenters. The van der Waals surface area contributed by atoms with Gasteiger partial charge in [0.2, 0.25) is 5.91 Å². The Kier molecular flexibility index (Phi) is 5.35. The molecule has 3 aromatic rings. The van der Waals surface area contributed by atoms with Crippen molar-refractivity contribution >= 4 is 40.6 Å². The number of carbonyl (C=O) groups excluding carboxylic acids is 2. The second kappa shape index (κ2) is 8.28. The minimum atomic E-state index is -0.190. The second-order valence-electron chi connectivity index (χ2n) is 7.70. The van der Waals surface area contributed by atoms with Crippen molar-refractivity contribution < 1.29 is 9.59 Å². The van der Waals surface area contributed by atoms with Gasteiger partial charge in [-0.3, -0.25) is 9.59 Å². The average Bonchev–Trinajstić information content (AvgIpc) is 3.31. The summed E-state index contributed by atoms with van der Waals surface area (Å²) in [6, 6.07) is 16.0. The minimum Gasteiger partial charge on any atom is -0.340 e. The Hall–Kier alpha value is -2.57. The maximum absolute atomic E-state index is 13.2. The topological polar surface area (TPSA) is 58.2 Å². The van der Waals surface area contributed by atoms with Crippen LogP contribution in [0.25, 0.3) is 0 Å². The normalized spacial score (nSPS) is 16.2. The smallest absolute Gasteiger partial charge is 0.252 e. The fraction of sp³-hybridized carbons (Fsp3) is 0.250. The standard InChI is InChI=1S/C24H22N2O2S2/c27-22-14-30-20-10-9-18(13-19(20)25-22)24(28)26-23(21-6-3-11-29-21)17-8-7-15-4-1-2-5-16(15)12-17/h3,6-13,23H,1-2,4-5,14H2,(H,25,27)(H,26,28). The van der Waals surface area contributed by atoms with Gasteiger partial charge in [-0.05, 0) is 72.0 Å². The molecule has 0 saturated heterocycles. The van der Waals surface area contributed by atoms with E-state index in [1.165, 1.54) is 35.7 Å². The molecular weight excluding hydrogens is 412 g/mol. The fourth-order valence-corrected chi connectivity index (χ4v) is 5.74. The summed E-state index contributed by atoms with van der Waals surface area (Å²) in [5, 5.41) is 8.13. The monoisotopic (exact) mass is 434 g/mol. The van der Waals surface area contributed by atoms with Gasteiger partial charge in [0.15, 0.2) is 0 Å². The van der Waals surface area contributed by atoms with E-state index in [-0.39, 0.29) is 17.9 Å². The first-order valence-corrected chi connectivity index (χ1v) is 12.1. The molecular formula is C24H22N2O2S2. The number of hydrogen-bond donors (Lipinski definition) is 2. The number of hydrogen-bond acceptors (Lipinski definition) is 4. The first-order chi connectivity index (χ1) is 14.7. The molecule has 6 heteroatoms. The van der Waals surface area contributed by atoms with Crippen LogP contribution in [0.1, 0.15) is 50.8 Å². The summed E-state index contributed by atoms with van der Waals surface area (Å²) in [6.45, 7) is 0. The van der Waals surface area contributed by atoms with Crippen molar-refractivity contribution in [2.45, 2.75) is 36.6 Å². The summed E-state index contributed by atoms with van der Waals surface area (Å²) < 4.78 is 0. The van der Waals surface area contributed by atoms with E-state index in [4.69, 9.17) is 0 Å². The average molecular weight is 435 g/mol. The van der Waals surface area contributed by atoms with E-state index in [1.807, 2.05) is 23.6 Å². The molecule has 2 aromatic carbocycles. The summed E-state index contributed by atoms with van der Waals surface area (Å²) in [4.78, 5) is 27.0. The number of fused-ring (bicyclic) bond motifs is 2. The molecule has 2 aliphatic rings. The van der Waals surface area contributed by atoms with Crippen LogP contribution < -0.4 is 10.6 Å². The molecule has 30 heavy (non-hydrogen) atoms. The highest BCUT2D eigenvalue weighted by Gasteiger charge is 2.22. The van der Waals surface area contributed by atoms with Crippen molar-refractivity contribution in [2.24, 2.45) is 0 Å². The van der Waals surface area contributed by atoms with Crippen LogP contribution in [0.2, 0.25) is 0 Å². The van der Waals surface area contributed by atoms with Crippen molar-refractivity contribution in [1.82, 2.24) is 5.32 Å². The SMILES string of the molecule is O=C1CSc2ccc(C(=O)NC(c3ccc4c(c3)CCCC4)c3cccs3)cc2N1. The van der Waals surface area contributed by atoms with Crippen LogP contribution in [0.5, 0.6) is 0 Å². The first-order valence-electron chi connectivity index (χ1n) is 10.2. The summed E-state index contributed by atoms with van der Waals surface area (Å²) in [6.07, 6.45) is 4.73. The maximum Gasteiger partial charge on any atom is 0.252 e. The molecule has 152 valence electrons. The molecule has 0 bridgehead atoms. The zero-order valence-corrected chi connectivity index (χ0v) is 18.1. The van der Waals surface area contributed by atoms with Crippen molar-refractivity contribution in [3.63, 3.8) is 0 Å². The van der Waals surface area contributed by atoms with Crippen LogP contribution in [-0.2, 0) is 17.6 Å². The van der Waals surface area contributed by atoms with Crippen LogP contribution in [0.4, 0.5) is 5.69 Å². The van der Waals surface area contributed by atoms with Gasteiger partial charge in [-0.2, -0.15) is 0 Å². The van der Waals surface area contributed by atoms with Gasteiger partial charge in [0.05, 0.1) is 17.5 Å². The second-order valence-corrected chi connectivity index (χ2v) is 9.70. The molecule has 5 rings (SSSR count). The first kappa shape index (κ1) is 19.4. The van der Waals surface area contributed by atoms with Gasteiger partial charge in [0, 0.05) is 15.3 Å². The van der Waals surface area contributed by atoms with Gasteiger partial charge < -0.3 is 10.6 Å². The van der Waals surface area contributed by atoms with E-state index < -0.39 is 0 Å². The number of carbonyl (C=O) groups is 2. The number of amides is 2. The molecule has 1 aliphatic heterocycles. The molecule has 2 amide bonds. The van der Waals surface area contributed by atoms with Gasteiger partial charge in [0.25, 0.3) is 5.91 Å².